The summed E-state index contributed by atoms with van der Waals surface area (Å²) in [5.41, 5.74) is 3.75. The van der Waals surface area contributed by atoms with Crippen molar-refractivity contribution in [2.45, 2.75) is 32.5 Å². The van der Waals surface area contributed by atoms with Gasteiger partial charge in [0.1, 0.15) is 5.75 Å². The third kappa shape index (κ3) is 7.28. The molecule has 0 aliphatic carbocycles. The molecule has 3 rings (SSSR count). The molecule has 1 unspecified atom stereocenters. The van der Waals surface area contributed by atoms with Crippen LogP contribution in [0.5, 0.6) is 5.75 Å². The van der Waals surface area contributed by atoms with Crippen molar-refractivity contribution >= 4 is 35.6 Å². The Bertz CT molecular complexity index is 842. The molecule has 0 bridgehead atoms. The molecule has 0 saturated carbocycles. The molecule has 2 N–H and O–H groups in total. The van der Waals surface area contributed by atoms with Crippen molar-refractivity contribution in [2.75, 3.05) is 45.7 Å². The predicted octanol–water partition coefficient (Wildman–Crippen LogP) is 3.71. The van der Waals surface area contributed by atoms with Crippen LogP contribution in [0.15, 0.2) is 53.5 Å². The van der Waals surface area contributed by atoms with E-state index in [0.29, 0.717) is 12.6 Å². The Labute approximate surface area is 204 Å². The fourth-order valence-electron chi connectivity index (χ4n) is 3.87. The number of benzene rings is 2. The molecule has 170 valence electrons. The molecule has 1 heterocycles. The van der Waals surface area contributed by atoms with Crippen molar-refractivity contribution in [1.82, 2.24) is 15.5 Å². The zero-order valence-corrected chi connectivity index (χ0v) is 21.4. The molecule has 1 atom stereocenters. The van der Waals surface area contributed by atoms with Gasteiger partial charge in [0.2, 0.25) is 0 Å². The molecular formula is C24H36IN5O. The molecular weight excluding hydrogens is 501 g/mol. The number of ether oxygens (including phenoxy) is 1. The first-order valence-corrected chi connectivity index (χ1v) is 10.7. The molecule has 0 aromatic heterocycles. The van der Waals surface area contributed by atoms with Gasteiger partial charge >= 0.3 is 0 Å². The Balaban J connectivity index is 0.00000341. The summed E-state index contributed by atoms with van der Waals surface area (Å²) in [7, 11) is 5.92. The van der Waals surface area contributed by atoms with Crippen LogP contribution < -0.4 is 20.3 Å². The topological polar surface area (TPSA) is 52.1 Å². The van der Waals surface area contributed by atoms with E-state index < -0.39 is 0 Å². The first-order chi connectivity index (χ1) is 14.6. The normalized spacial score (nSPS) is 16.2. The van der Waals surface area contributed by atoms with Crippen molar-refractivity contribution in [2.24, 2.45) is 4.99 Å². The molecule has 31 heavy (non-hydrogen) atoms. The Morgan fingerprint density at radius 3 is 2.55 bits per heavy atom. The van der Waals surface area contributed by atoms with Crippen LogP contribution >= 0.6 is 24.0 Å². The van der Waals surface area contributed by atoms with Crippen LogP contribution in [0.1, 0.15) is 24.5 Å². The summed E-state index contributed by atoms with van der Waals surface area (Å²) >= 11 is 0. The molecule has 0 spiro atoms. The summed E-state index contributed by atoms with van der Waals surface area (Å²) in [6.45, 7) is 6.47. The summed E-state index contributed by atoms with van der Waals surface area (Å²) < 4.78 is 5.54. The first-order valence-electron chi connectivity index (χ1n) is 10.7. The lowest BCUT2D eigenvalue weighted by Gasteiger charge is -2.22. The first kappa shape index (κ1) is 25.3. The van der Waals surface area contributed by atoms with Crippen LogP contribution in [0.3, 0.4) is 0 Å². The van der Waals surface area contributed by atoms with E-state index in [2.05, 4.69) is 77.9 Å². The third-order valence-electron chi connectivity index (χ3n) is 5.31. The van der Waals surface area contributed by atoms with Crippen molar-refractivity contribution < 1.29 is 4.74 Å². The maximum absolute atomic E-state index is 5.54. The molecule has 1 saturated heterocycles. The van der Waals surface area contributed by atoms with Crippen molar-refractivity contribution in [3.05, 3.63) is 59.7 Å². The molecule has 2 aromatic carbocycles. The second-order valence-corrected chi connectivity index (χ2v) is 7.95. The van der Waals surface area contributed by atoms with E-state index in [1.54, 1.807) is 7.11 Å². The minimum Gasteiger partial charge on any atom is -0.495 e. The highest BCUT2D eigenvalue weighted by Gasteiger charge is 2.25. The zero-order chi connectivity index (χ0) is 21.3. The highest BCUT2D eigenvalue weighted by Crippen LogP contribution is 2.30. The summed E-state index contributed by atoms with van der Waals surface area (Å²) in [5.74, 6) is 1.81. The van der Waals surface area contributed by atoms with Gasteiger partial charge in [0.25, 0.3) is 0 Å². The second kappa shape index (κ2) is 12.8. The van der Waals surface area contributed by atoms with Crippen molar-refractivity contribution in [1.29, 1.82) is 0 Å². The average Bonchev–Trinajstić information content (AvgIpc) is 3.21. The fourth-order valence-corrected chi connectivity index (χ4v) is 3.87. The molecule has 7 heteroatoms. The number of nitrogens with one attached hydrogen (secondary N) is 2. The summed E-state index contributed by atoms with van der Waals surface area (Å²) in [6.07, 6.45) is 1.07. The van der Waals surface area contributed by atoms with Gasteiger partial charge < -0.3 is 25.2 Å². The smallest absolute Gasteiger partial charge is 0.191 e. The second-order valence-electron chi connectivity index (χ2n) is 7.95. The standard InChI is InChI=1S/C24H35N5O.HI/c1-5-25-24(26-16-19-10-6-7-11-20(19)17-28(2)3)27-21-14-15-29(18-21)22-12-8-9-13-23(22)30-4;/h6-13,21H,5,14-18H2,1-4H3,(H2,25,26,27);1H. The fraction of sp³-hybridized carbons (Fsp3) is 0.458. The number of rotatable bonds is 8. The van der Waals surface area contributed by atoms with Gasteiger partial charge in [0.05, 0.1) is 19.3 Å². The van der Waals surface area contributed by atoms with Gasteiger partial charge in [-0.2, -0.15) is 0 Å². The number of aliphatic imine (C=N–C) groups is 1. The summed E-state index contributed by atoms with van der Waals surface area (Å²) in [6, 6.07) is 17.1. The maximum Gasteiger partial charge on any atom is 0.191 e. The summed E-state index contributed by atoms with van der Waals surface area (Å²) in [4.78, 5) is 9.45. The van der Waals surface area contributed by atoms with Gasteiger partial charge in [-0.3, -0.25) is 0 Å². The maximum atomic E-state index is 5.54. The van der Waals surface area contributed by atoms with E-state index in [-0.39, 0.29) is 24.0 Å². The van der Waals surface area contributed by atoms with E-state index in [1.165, 1.54) is 11.1 Å². The van der Waals surface area contributed by atoms with Gasteiger partial charge in [0.15, 0.2) is 5.96 Å². The quantitative estimate of drug-likeness (QED) is 0.306. The van der Waals surface area contributed by atoms with Crippen LogP contribution in [0.25, 0.3) is 0 Å². The minimum atomic E-state index is 0. The lowest BCUT2D eigenvalue weighted by Crippen LogP contribution is -2.44. The van der Waals surface area contributed by atoms with E-state index in [9.17, 15) is 0 Å². The lowest BCUT2D eigenvalue weighted by atomic mass is 10.1. The minimum absolute atomic E-state index is 0. The van der Waals surface area contributed by atoms with Gasteiger partial charge in [-0.15, -0.1) is 24.0 Å². The van der Waals surface area contributed by atoms with Gasteiger partial charge in [-0.05, 0) is 50.7 Å². The number of anilines is 1. The monoisotopic (exact) mass is 537 g/mol. The molecule has 1 fully saturated rings. The molecule has 6 nitrogen and oxygen atoms in total. The SMILES string of the molecule is CCNC(=NCc1ccccc1CN(C)C)NC1CCN(c2ccccc2OC)C1.I. The van der Waals surface area contributed by atoms with E-state index >= 15 is 0 Å². The van der Waals surface area contributed by atoms with Gasteiger partial charge in [-0.25, -0.2) is 4.99 Å². The highest BCUT2D eigenvalue weighted by atomic mass is 127. The molecule has 1 aliphatic heterocycles. The number of hydrogen-bond acceptors (Lipinski definition) is 4. The number of para-hydroxylation sites is 2. The van der Waals surface area contributed by atoms with Crippen LogP contribution in [0, 0.1) is 0 Å². The number of methoxy groups -OCH3 is 1. The Hall–Kier alpha value is -2.00. The van der Waals surface area contributed by atoms with Crippen LogP contribution in [0.4, 0.5) is 5.69 Å². The number of halogens is 1. The van der Waals surface area contributed by atoms with Crippen LogP contribution in [-0.4, -0.2) is 57.7 Å². The van der Waals surface area contributed by atoms with E-state index in [1.807, 2.05) is 12.1 Å². The molecule has 2 aromatic rings. The highest BCUT2D eigenvalue weighted by molar-refractivity contribution is 14.0. The predicted molar refractivity (Wildman–Crippen MR) is 141 cm³/mol. The van der Waals surface area contributed by atoms with Crippen LogP contribution in [0.2, 0.25) is 0 Å². The summed E-state index contributed by atoms with van der Waals surface area (Å²) in [5, 5.41) is 7.03. The molecule has 0 amide bonds. The lowest BCUT2D eigenvalue weighted by molar-refractivity contribution is 0.401. The number of hydrogen-bond donors (Lipinski definition) is 2. The Morgan fingerprint density at radius 1 is 1.13 bits per heavy atom. The Kier molecular flexibility index (Phi) is 10.4. The van der Waals surface area contributed by atoms with Gasteiger partial charge in [-0.1, -0.05) is 36.4 Å². The van der Waals surface area contributed by atoms with Crippen molar-refractivity contribution in [3.63, 3.8) is 0 Å². The average molecular weight is 537 g/mol. The zero-order valence-electron chi connectivity index (χ0n) is 19.1. The van der Waals surface area contributed by atoms with Gasteiger partial charge in [0, 0.05) is 32.2 Å². The largest absolute Gasteiger partial charge is 0.495 e. The van der Waals surface area contributed by atoms with Crippen LogP contribution in [-0.2, 0) is 13.1 Å². The van der Waals surface area contributed by atoms with Crippen molar-refractivity contribution in [3.8, 4) is 5.75 Å². The molecule has 0 radical (unpaired) electrons. The third-order valence-corrected chi connectivity index (χ3v) is 5.31. The molecule has 1 aliphatic rings. The number of guanidine groups is 1. The van der Waals surface area contributed by atoms with E-state index in [4.69, 9.17) is 9.73 Å². The number of nitrogens with zero attached hydrogens (tertiary/aromatic N) is 3. The van der Waals surface area contributed by atoms with E-state index in [0.717, 1.165) is 50.0 Å². The Morgan fingerprint density at radius 2 is 1.84 bits per heavy atom.